The molecule has 110 valence electrons. The molecule has 1 saturated carbocycles. The van der Waals surface area contributed by atoms with E-state index in [2.05, 4.69) is 10.6 Å². The summed E-state index contributed by atoms with van der Waals surface area (Å²) in [6.45, 7) is 1.67. The molecule has 2 amide bonds. The molecule has 0 aromatic heterocycles. The fourth-order valence-electron chi connectivity index (χ4n) is 2.24. The number of aliphatic hydroxyl groups excluding tert-OH is 1. The van der Waals surface area contributed by atoms with Gasteiger partial charge < -0.3 is 15.7 Å². The quantitative estimate of drug-likeness (QED) is 0.770. The SMILES string of the molecule is C[C@@H](CO)NC(=O)NCC1(c2c(F)cccc2F)CC1. The van der Waals surface area contributed by atoms with Crippen molar-refractivity contribution >= 4 is 6.03 Å². The molecule has 1 aromatic carbocycles. The van der Waals surface area contributed by atoms with Crippen LogP contribution < -0.4 is 10.6 Å². The monoisotopic (exact) mass is 284 g/mol. The summed E-state index contributed by atoms with van der Waals surface area (Å²) in [7, 11) is 0. The summed E-state index contributed by atoms with van der Waals surface area (Å²) in [5.74, 6) is -1.15. The molecule has 0 saturated heterocycles. The Morgan fingerprint density at radius 3 is 2.50 bits per heavy atom. The van der Waals surface area contributed by atoms with E-state index < -0.39 is 23.1 Å². The molecule has 20 heavy (non-hydrogen) atoms. The third-order valence-corrected chi connectivity index (χ3v) is 3.59. The van der Waals surface area contributed by atoms with Gasteiger partial charge in [0.1, 0.15) is 11.6 Å². The van der Waals surface area contributed by atoms with Crippen LogP contribution in [0.25, 0.3) is 0 Å². The van der Waals surface area contributed by atoms with E-state index in [1.54, 1.807) is 6.92 Å². The van der Waals surface area contributed by atoms with E-state index in [0.29, 0.717) is 12.8 Å². The predicted molar refractivity (Wildman–Crippen MR) is 70.4 cm³/mol. The fourth-order valence-corrected chi connectivity index (χ4v) is 2.24. The zero-order chi connectivity index (χ0) is 14.8. The van der Waals surface area contributed by atoms with Gasteiger partial charge in [0, 0.05) is 17.5 Å². The van der Waals surface area contributed by atoms with Crippen molar-refractivity contribution in [1.29, 1.82) is 0 Å². The molecule has 1 aliphatic rings. The first-order chi connectivity index (χ1) is 9.48. The third kappa shape index (κ3) is 3.07. The number of hydrogen-bond donors (Lipinski definition) is 3. The molecule has 1 fully saturated rings. The van der Waals surface area contributed by atoms with Crippen LogP contribution in [0.1, 0.15) is 25.3 Å². The van der Waals surface area contributed by atoms with Gasteiger partial charge in [0.2, 0.25) is 0 Å². The minimum Gasteiger partial charge on any atom is -0.394 e. The summed E-state index contributed by atoms with van der Waals surface area (Å²) in [5.41, 5.74) is -0.592. The average Bonchev–Trinajstić information content (AvgIpc) is 3.17. The predicted octanol–water partition coefficient (Wildman–Crippen LogP) is 1.68. The Kier molecular flexibility index (Phi) is 4.23. The molecule has 6 heteroatoms. The second kappa shape index (κ2) is 5.75. The lowest BCUT2D eigenvalue weighted by molar-refractivity contribution is 0.219. The van der Waals surface area contributed by atoms with E-state index in [0.717, 1.165) is 0 Å². The van der Waals surface area contributed by atoms with Gasteiger partial charge in [0.05, 0.1) is 12.6 Å². The van der Waals surface area contributed by atoms with Gasteiger partial charge in [-0.1, -0.05) is 6.07 Å². The first-order valence-corrected chi connectivity index (χ1v) is 6.58. The number of amides is 2. The number of carbonyl (C=O) groups is 1. The Morgan fingerprint density at radius 2 is 2.00 bits per heavy atom. The number of benzene rings is 1. The first-order valence-electron chi connectivity index (χ1n) is 6.58. The number of carbonyl (C=O) groups excluding carboxylic acids is 1. The molecule has 0 aliphatic heterocycles. The number of aliphatic hydroxyl groups is 1. The second-order valence-corrected chi connectivity index (χ2v) is 5.29. The Hall–Kier alpha value is -1.69. The lowest BCUT2D eigenvalue weighted by Gasteiger charge is -2.19. The van der Waals surface area contributed by atoms with Crippen molar-refractivity contribution in [3.05, 3.63) is 35.4 Å². The van der Waals surface area contributed by atoms with Crippen molar-refractivity contribution in [3.63, 3.8) is 0 Å². The average molecular weight is 284 g/mol. The Labute approximate surface area is 116 Å². The van der Waals surface area contributed by atoms with Crippen molar-refractivity contribution in [2.45, 2.75) is 31.2 Å². The van der Waals surface area contributed by atoms with Crippen LogP contribution in [0.5, 0.6) is 0 Å². The zero-order valence-corrected chi connectivity index (χ0v) is 11.2. The normalized spacial score (nSPS) is 17.4. The summed E-state index contributed by atoms with van der Waals surface area (Å²) in [5, 5.41) is 14.0. The van der Waals surface area contributed by atoms with Crippen molar-refractivity contribution in [3.8, 4) is 0 Å². The van der Waals surface area contributed by atoms with Crippen LogP contribution in [-0.4, -0.2) is 30.3 Å². The smallest absolute Gasteiger partial charge is 0.315 e. The van der Waals surface area contributed by atoms with E-state index in [9.17, 15) is 13.6 Å². The van der Waals surface area contributed by atoms with Gasteiger partial charge >= 0.3 is 6.03 Å². The molecule has 1 aliphatic carbocycles. The van der Waals surface area contributed by atoms with Crippen molar-refractivity contribution in [1.82, 2.24) is 10.6 Å². The molecule has 0 radical (unpaired) electrons. The molecule has 0 unspecified atom stereocenters. The minimum atomic E-state index is -0.644. The lowest BCUT2D eigenvalue weighted by atomic mass is 9.94. The van der Waals surface area contributed by atoms with E-state index in [1.807, 2.05) is 0 Å². The second-order valence-electron chi connectivity index (χ2n) is 5.29. The molecule has 0 bridgehead atoms. The van der Waals surface area contributed by atoms with Gasteiger partial charge in [-0.05, 0) is 31.9 Å². The van der Waals surface area contributed by atoms with Crippen LogP contribution in [-0.2, 0) is 5.41 Å². The summed E-state index contributed by atoms with van der Waals surface area (Å²) in [6.07, 6.45) is 1.28. The molecular formula is C14H18F2N2O2. The number of hydrogen-bond acceptors (Lipinski definition) is 2. The highest BCUT2D eigenvalue weighted by atomic mass is 19.1. The van der Waals surface area contributed by atoms with Crippen LogP contribution in [0.15, 0.2) is 18.2 Å². The fraction of sp³-hybridized carbons (Fsp3) is 0.500. The third-order valence-electron chi connectivity index (χ3n) is 3.59. The van der Waals surface area contributed by atoms with Crippen molar-refractivity contribution in [2.24, 2.45) is 0 Å². The van der Waals surface area contributed by atoms with Crippen LogP contribution in [0.4, 0.5) is 13.6 Å². The van der Waals surface area contributed by atoms with Gasteiger partial charge in [0.25, 0.3) is 0 Å². The summed E-state index contributed by atoms with van der Waals surface area (Å²) in [4.78, 5) is 11.6. The molecule has 1 aromatic rings. The highest BCUT2D eigenvalue weighted by Gasteiger charge is 2.47. The standard InChI is InChI=1S/C14H18F2N2O2/c1-9(7-19)18-13(20)17-8-14(5-6-14)12-10(15)3-2-4-11(12)16/h2-4,9,19H,5-8H2,1H3,(H2,17,18,20)/t9-/m0/s1. The van der Waals surface area contributed by atoms with Gasteiger partial charge in [-0.25, -0.2) is 13.6 Å². The van der Waals surface area contributed by atoms with Crippen LogP contribution in [0.2, 0.25) is 0 Å². The molecule has 4 nitrogen and oxygen atoms in total. The largest absolute Gasteiger partial charge is 0.394 e. The number of nitrogens with one attached hydrogen (secondary N) is 2. The Bertz CT molecular complexity index is 484. The van der Waals surface area contributed by atoms with Crippen LogP contribution in [0.3, 0.4) is 0 Å². The zero-order valence-electron chi connectivity index (χ0n) is 11.2. The molecule has 0 heterocycles. The summed E-state index contributed by atoms with van der Waals surface area (Å²) >= 11 is 0. The van der Waals surface area contributed by atoms with Gasteiger partial charge in [-0.2, -0.15) is 0 Å². The number of halogens is 2. The maximum Gasteiger partial charge on any atom is 0.315 e. The molecular weight excluding hydrogens is 266 g/mol. The van der Waals surface area contributed by atoms with Crippen molar-refractivity contribution in [2.75, 3.05) is 13.2 Å². The topological polar surface area (TPSA) is 61.4 Å². The molecule has 0 spiro atoms. The Balaban J connectivity index is 2.01. The van der Waals surface area contributed by atoms with Gasteiger partial charge in [-0.3, -0.25) is 0 Å². The highest BCUT2D eigenvalue weighted by molar-refractivity contribution is 5.74. The number of rotatable bonds is 5. The minimum absolute atomic E-state index is 0.0514. The lowest BCUT2D eigenvalue weighted by Crippen LogP contribution is -2.45. The maximum absolute atomic E-state index is 13.8. The Morgan fingerprint density at radius 1 is 1.40 bits per heavy atom. The van der Waals surface area contributed by atoms with Crippen LogP contribution >= 0.6 is 0 Å². The van der Waals surface area contributed by atoms with Crippen LogP contribution in [0, 0.1) is 11.6 Å². The van der Waals surface area contributed by atoms with Gasteiger partial charge in [-0.15, -0.1) is 0 Å². The van der Waals surface area contributed by atoms with Gasteiger partial charge in [0.15, 0.2) is 0 Å². The van der Waals surface area contributed by atoms with E-state index in [-0.39, 0.29) is 24.8 Å². The highest BCUT2D eigenvalue weighted by Crippen LogP contribution is 2.49. The van der Waals surface area contributed by atoms with E-state index in [1.165, 1.54) is 18.2 Å². The maximum atomic E-state index is 13.8. The molecule has 3 N–H and O–H groups in total. The van der Waals surface area contributed by atoms with Crippen molar-refractivity contribution < 1.29 is 18.7 Å². The summed E-state index contributed by atoms with van der Waals surface area (Å²) in [6, 6.07) is 2.97. The molecule has 1 atom stereocenters. The molecule has 2 rings (SSSR count). The number of urea groups is 1. The van der Waals surface area contributed by atoms with E-state index in [4.69, 9.17) is 5.11 Å². The summed E-state index contributed by atoms with van der Waals surface area (Å²) < 4.78 is 27.5. The first kappa shape index (κ1) is 14.7. The van der Waals surface area contributed by atoms with E-state index >= 15 is 0 Å².